The smallest absolute Gasteiger partial charge is 0.417 e. The van der Waals surface area contributed by atoms with Crippen LogP contribution in [0.15, 0.2) is 12.3 Å². The molecule has 0 aliphatic heterocycles. The normalized spacial score (nSPS) is 12.8. The van der Waals surface area contributed by atoms with Gasteiger partial charge in [-0.1, -0.05) is 18.5 Å². The minimum Gasteiger partial charge on any atom is -0.481 e. The number of hydrogen-bond donors (Lipinski definition) is 2. The van der Waals surface area contributed by atoms with E-state index in [9.17, 15) is 22.8 Å². The number of hydrogen-bond acceptors (Lipinski definition) is 4. The molecule has 2 aromatic heterocycles. The third-order valence-electron chi connectivity index (χ3n) is 3.57. The van der Waals surface area contributed by atoms with Gasteiger partial charge in [0.2, 0.25) is 0 Å². The molecule has 2 N–H and O–H groups in total. The zero-order valence-corrected chi connectivity index (χ0v) is 14.5. The molecule has 2 aromatic rings. The van der Waals surface area contributed by atoms with Crippen molar-refractivity contribution in [3.05, 3.63) is 28.7 Å². The van der Waals surface area contributed by atoms with Crippen LogP contribution in [0.5, 0.6) is 0 Å². The fraction of sp³-hybridized carbons (Fsp3) is 0.429. The molecule has 0 aliphatic carbocycles. The Morgan fingerprint density at radius 1 is 1.42 bits per heavy atom. The van der Waals surface area contributed by atoms with Gasteiger partial charge < -0.3 is 15.3 Å². The molecule has 2 heterocycles. The van der Waals surface area contributed by atoms with Gasteiger partial charge in [-0.25, -0.2) is 4.79 Å². The number of halogens is 4. The van der Waals surface area contributed by atoms with Crippen molar-refractivity contribution in [1.29, 1.82) is 0 Å². The Morgan fingerprint density at radius 3 is 2.65 bits per heavy atom. The Balaban J connectivity index is 2.15. The topological polar surface area (TPSA) is 99.8 Å². The first kappa shape index (κ1) is 19.8. The summed E-state index contributed by atoms with van der Waals surface area (Å²) in [6.07, 6.45) is -3.81. The van der Waals surface area contributed by atoms with Crippen LogP contribution in [0.2, 0.25) is 5.02 Å². The third-order valence-corrected chi connectivity index (χ3v) is 3.85. The number of rotatable bonds is 5. The number of amides is 2. The molecule has 2 rings (SSSR count). The molecule has 0 aromatic carbocycles. The van der Waals surface area contributed by atoms with Crippen molar-refractivity contribution in [3.63, 3.8) is 0 Å². The van der Waals surface area contributed by atoms with Crippen LogP contribution in [0.25, 0.3) is 5.65 Å². The number of fused-ring (bicyclic) bond motifs is 1. The fourth-order valence-electron chi connectivity index (χ4n) is 2.14. The summed E-state index contributed by atoms with van der Waals surface area (Å²) in [4.78, 5) is 23.9. The number of urea groups is 1. The fourth-order valence-corrected chi connectivity index (χ4v) is 2.38. The van der Waals surface area contributed by atoms with E-state index in [1.807, 2.05) is 0 Å². The summed E-state index contributed by atoms with van der Waals surface area (Å²) in [6.45, 7) is 1.19. The molecule has 0 radical (unpaired) electrons. The zero-order valence-electron chi connectivity index (χ0n) is 13.7. The highest BCUT2D eigenvalue weighted by Crippen LogP contribution is 2.32. The van der Waals surface area contributed by atoms with Gasteiger partial charge >= 0.3 is 18.2 Å². The van der Waals surface area contributed by atoms with E-state index in [1.165, 1.54) is 14.0 Å². The lowest BCUT2D eigenvalue weighted by Gasteiger charge is -2.19. The van der Waals surface area contributed by atoms with Gasteiger partial charge in [0.15, 0.2) is 11.5 Å². The van der Waals surface area contributed by atoms with Crippen LogP contribution in [-0.2, 0) is 17.5 Å². The maximum absolute atomic E-state index is 12.9. The van der Waals surface area contributed by atoms with Crippen molar-refractivity contribution in [1.82, 2.24) is 24.8 Å². The maximum atomic E-state index is 12.9. The number of carboxylic acid groups (broad SMARTS) is 1. The van der Waals surface area contributed by atoms with Gasteiger partial charge in [-0.3, -0.25) is 9.20 Å². The quantitative estimate of drug-likeness (QED) is 0.811. The van der Waals surface area contributed by atoms with Crippen LogP contribution in [0.3, 0.4) is 0 Å². The predicted molar refractivity (Wildman–Crippen MR) is 84.7 cm³/mol. The van der Waals surface area contributed by atoms with Crippen molar-refractivity contribution in [2.24, 2.45) is 5.92 Å². The third kappa shape index (κ3) is 4.34. The van der Waals surface area contributed by atoms with Gasteiger partial charge in [-0.05, 0) is 6.07 Å². The number of aliphatic carboxylic acids is 1. The van der Waals surface area contributed by atoms with E-state index in [2.05, 4.69) is 15.5 Å². The second-order valence-corrected chi connectivity index (χ2v) is 6.07. The number of carbonyl (C=O) groups excluding carboxylic acids is 1. The molecule has 2 amide bonds. The van der Waals surface area contributed by atoms with E-state index in [-0.39, 0.29) is 29.6 Å². The molecule has 12 heteroatoms. The Bertz CT molecular complexity index is 839. The zero-order chi connectivity index (χ0) is 19.6. The summed E-state index contributed by atoms with van der Waals surface area (Å²) in [6, 6.07) is 0.141. The largest absolute Gasteiger partial charge is 0.481 e. The van der Waals surface area contributed by atoms with E-state index in [0.29, 0.717) is 0 Å². The van der Waals surface area contributed by atoms with Crippen LogP contribution < -0.4 is 5.32 Å². The highest BCUT2D eigenvalue weighted by molar-refractivity contribution is 6.33. The Kier molecular flexibility index (Phi) is 5.59. The number of carboxylic acids is 1. The SMILES string of the molecule is CC(CN(C)C(=O)NCc1nnc2c(Cl)cc(C(F)(F)F)cn12)C(=O)O. The molecule has 0 fully saturated rings. The summed E-state index contributed by atoms with van der Waals surface area (Å²) in [5.74, 6) is -1.78. The predicted octanol–water partition coefficient (Wildman–Crippen LogP) is 2.26. The van der Waals surface area contributed by atoms with Crippen molar-refractivity contribution < 1.29 is 27.9 Å². The van der Waals surface area contributed by atoms with Crippen molar-refractivity contribution in [3.8, 4) is 0 Å². The van der Waals surface area contributed by atoms with Gasteiger partial charge in [-0.15, -0.1) is 10.2 Å². The van der Waals surface area contributed by atoms with Gasteiger partial charge in [0.1, 0.15) is 0 Å². The summed E-state index contributed by atoms with van der Waals surface area (Å²) in [5.41, 5.74) is -0.952. The summed E-state index contributed by atoms with van der Waals surface area (Å²) < 4.78 is 39.8. The first-order valence-corrected chi connectivity index (χ1v) is 7.70. The second kappa shape index (κ2) is 7.36. The molecule has 0 saturated heterocycles. The average molecular weight is 394 g/mol. The summed E-state index contributed by atoms with van der Waals surface area (Å²) in [7, 11) is 1.40. The highest BCUT2D eigenvalue weighted by atomic mass is 35.5. The Hall–Kier alpha value is -2.56. The molecule has 26 heavy (non-hydrogen) atoms. The van der Waals surface area contributed by atoms with Crippen LogP contribution in [0, 0.1) is 5.92 Å². The Labute approximate surface area is 150 Å². The Morgan fingerprint density at radius 2 is 2.08 bits per heavy atom. The number of nitrogens with one attached hydrogen (secondary N) is 1. The molecule has 0 saturated carbocycles. The van der Waals surface area contributed by atoms with Crippen LogP contribution in [0.4, 0.5) is 18.0 Å². The van der Waals surface area contributed by atoms with E-state index >= 15 is 0 Å². The summed E-state index contributed by atoms with van der Waals surface area (Å²) in [5, 5.41) is 18.5. The number of pyridine rings is 1. The molecule has 1 atom stereocenters. The second-order valence-electron chi connectivity index (χ2n) is 5.66. The van der Waals surface area contributed by atoms with Gasteiger partial charge in [0, 0.05) is 19.8 Å². The van der Waals surface area contributed by atoms with Crippen LogP contribution in [0.1, 0.15) is 18.3 Å². The van der Waals surface area contributed by atoms with Crippen LogP contribution in [-0.4, -0.2) is 50.2 Å². The number of aromatic nitrogens is 3. The lowest BCUT2D eigenvalue weighted by molar-refractivity contribution is -0.141. The molecule has 0 bridgehead atoms. The average Bonchev–Trinajstić information content (AvgIpc) is 2.95. The van der Waals surface area contributed by atoms with Crippen molar-refractivity contribution in [2.45, 2.75) is 19.6 Å². The van der Waals surface area contributed by atoms with E-state index in [0.717, 1.165) is 21.6 Å². The van der Waals surface area contributed by atoms with E-state index in [1.54, 1.807) is 0 Å². The first-order valence-electron chi connectivity index (χ1n) is 7.32. The van der Waals surface area contributed by atoms with Crippen molar-refractivity contribution in [2.75, 3.05) is 13.6 Å². The minimum atomic E-state index is -4.60. The standard InChI is InChI=1S/C14H15ClF3N5O3/c1-7(12(24)25)5-22(2)13(26)19-4-10-20-21-11-9(15)3-8(6-23(10)11)14(16,17)18/h3,6-7H,4-5H2,1-2H3,(H,19,26)(H,24,25). The van der Waals surface area contributed by atoms with Gasteiger partial charge in [0.25, 0.3) is 0 Å². The molecular formula is C14H15ClF3N5O3. The van der Waals surface area contributed by atoms with Gasteiger partial charge in [0.05, 0.1) is 23.0 Å². The number of alkyl halides is 3. The van der Waals surface area contributed by atoms with Crippen LogP contribution >= 0.6 is 11.6 Å². The molecule has 0 aliphatic rings. The monoisotopic (exact) mass is 393 g/mol. The minimum absolute atomic E-state index is 0.0248. The van der Waals surface area contributed by atoms with E-state index < -0.39 is 29.7 Å². The maximum Gasteiger partial charge on any atom is 0.417 e. The lowest BCUT2D eigenvalue weighted by Crippen LogP contribution is -2.40. The molecule has 142 valence electrons. The molecular weight excluding hydrogens is 379 g/mol. The van der Waals surface area contributed by atoms with Gasteiger partial charge in [-0.2, -0.15) is 13.2 Å². The summed E-state index contributed by atoms with van der Waals surface area (Å²) >= 11 is 5.81. The van der Waals surface area contributed by atoms with Crippen molar-refractivity contribution >= 4 is 29.2 Å². The molecule has 1 unspecified atom stereocenters. The molecule has 0 spiro atoms. The first-order chi connectivity index (χ1) is 12.0. The highest BCUT2D eigenvalue weighted by Gasteiger charge is 2.32. The number of nitrogens with zero attached hydrogens (tertiary/aromatic N) is 4. The number of carbonyl (C=O) groups is 2. The van der Waals surface area contributed by atoms with E-state index in [4.69, 9.17) is 16.7 Å². The lowest BCUT2D eigenvalue weighted by atomic mass is 10.2. The molecule has 8 nitrogen and oxygen atoms in total.